The molecule has 1 aromatic carbocycles. The van der Waals surface area contributed by atoms with Crippen molar-refractivity contribution in [1.82, 2.24) is 15.5 Å². The molecule has 1 aromatic rings. The van der Waals surface area contributed by atoms with E-state index in [1.54, 1.807) is 0 Å². The van der Waals surface area contributed by atoms with E-state index in [9.17, 15) is 4.79 Å². The third-order valence-electron chi connectivity index (χ3n) is 4.91. The summed E-state index contributed by atoms with van der Waals surface area (Å²) in [6.45, 7) is 4.97. The van der Waals surface area contributed by atoms with Gasteiger partial charge in [-0.1, -0.05) is 30.3 Å². The van der Waals surface area contributed by atoms with Crippen LogP contribution in [0.5, 0.6) is 0 Å². The fourth-order valence-corrected chi connectivity index (χ4v) is 3.61. The van der Waals surface area contributed by atoms with E-state index in [1.807, 2.05) is 6.07 Å². The molecule has 0 aliphatic carbocycles. The number of carbonyl (C=O) groups excluding carboxylic acids is 1. The average Bonchev–Trinajstić information content (AvgIpc) is 3.20. The van der Waals surface area contributed by atoms with Crippen LogP contribution in [0.3, 0.4) is 0 Å². The van der Waals surface area contributed by atoms with Crippen LogP contribution < -0.4 is 10.6 Å². The highest BCUT2D eigenvalue weighted by atomic mass is 16.2. The van der Waals surface area contributed by atoms with Crippen molar-refractivity contribution in [3.05, 3.63) is 35.9 Å². The summed E-state index contributed by atoms with van der Waals surface area (Å²) in [4.78, 5) is 14.8. The monoisotopic (exact) mass is 301 g/mol. The molecule has 2 saturated heterocycles. The summed E-state index contributed by atoms with van der Waals surface area (Å²) in [5, 5.41) is 6.54. The summed E-state index contributed by atoms with van der Waals surface area (Å²) in [7, 11) is 0. The lowest BCUT2D eigenvalue weighted by atomic mass is 10.1. The third-order valence-corrected chi connectivity index (χ3v) is 4.91. The number of nitrogens with zero attached hydrogens (tertiary/aromatic N) is 1. The van der Waals surface area contributed by atoms with Gasteiger partial charge in [0, 0.05) is 13.1 Å². The van der Waals surface area contributed by atoms with Crippen molar-refractivity contribution in [2.45, 2.75) is 38.3 Å². The predicted molar refractivity (Wildman–Crippen MR) is 88.5 cm³/mol. The SMILES string of the molecule is O=C(NCCC1CCNC1)C1CCCN1Cc1ccccc1. The van der Waals surface area contributed by atoms with Gasteiger partial charge in [0.1, 0.15) is 0 Å². The Bertz CT molecular complexity index is 470. The van der Waals surface area contributed by atoms with E-state index < -0.39 is 0 Å². The summed E-state index contributed by atoms with van der Waals surface area (Å²) in [6, 6.07) is 10.5. The van der Waals surface area contributed by atoms with E-state index in [4.69, 9.17) is 0 Å². The number of hydrogen-bond donors (Lipinski definition) is 2. The molecule has 0 radical (unpaired) electrons. The molecule has 2 unspecified atom stereocenters. The topological polar surface area (TPSA) is 44.4 Å². The second kappa shape index (κ2) is 7.75. The molecular formula is C18H27N3O. The fourth-order valence-electron chi connectivity index (χ4n) is 3.61. The van der Waals surface area contributed by atoms with Crippen LogP contribution in [-0.2, 0) is 11.3 Å². The summed E-state index contributed by atoms with van der Waals surface area (Å²) in [5.74, 6) is 0.962. The quantitative estimate of drug-likeness (QED) is 0.841. The smallest absolute Gasteiger partial charge is 0.237 e. The molecule has 4 nitrogen and oxygen atoms in total. The van der Waals surface area contributed by atoms with Crippen LogP contribution in [0.1, 0.15) is 31.2 Å². The van der Waals surface area contributed by atoms with E-state index in [0.29, 0.717) is 0 Å². The Balaban J connectivity index is 1.46. The highest BCUT2D eigenvalue weighted by molar-refractivity contribution is 5.82. The van der Waals surface area contributed by atoms with Crippen molar-refractivity contribution in [2.75, 3.05) is 26.2 Å². The molecule has 22 heavy (non-hydrogen) atoms. The van der Waals surface area contributed by atoms with Crippen LogP contribution in [0, 0.1) is 5.92 Å². The zero-order valence-corrected chi connectivity index (χ0v) is 13.3. The van der Waals surface area contributed by atoms with Gasteiger partial charge in [0.05, 0.1) is 6.04 Å². The molecular weight excluding hydrogens is 274 g/mol. The van der Waals surface area contributed by atoms with Crippen LogP contribution in [0.25, 0.3) is 0 Å². The molecule has 0 aromatic heterocycles. The van der Waals surface area contributed by atoms with E-state index in [2.05, 4.69) is 39.8 Å². The fraction of sp³-hybridized carbons (Fsp3) is 0.611. The largest absolute Gasteiger partial charge is 0.355 e. The van der Waals surface area contributed by atoms with Crippen molar-refractivity contribution in [1.29, 1.82) is 0 Å². The van der Waals surface area contributed by atoms with Gasteiger partial charge in [-0.05, 0) is 56.8 Å². The van der Waals surface area contributed by atoms with E-state index >= 15 is 0 Å². The zero-order valence-electron chi connectivity index (χ0n) is 13.3. The van der Waals surface area contributed by atoms with E-state index in [-0.39, 0.29) is 11.9 Å². The van der Waals surface area contributed by atoms with E-state index in [1.165, 1.54) is 12.0 Å². The molecule has 0 saturated carbocycles. The van der Waals surface area contributed by atoms with Crippen LogP contribution in [0.15, 0.2) is 30.3 Å². The average molecular weight is 301 g/mol. The Morgan fingerprint density at radius 2 is 2.14 bits per heavy atom. The lowest BCUT2D eigenvalue weighted by Gasteiger charge is -2.24. The second-order valence-corrected chi connectivity index (χ2v) is 6.55. The van der Waals surface area contributed by atoms with Crippen molar-refractivity contribution in [3.63, 3.8) is 0 Å². The normalized spacial score (nSPS) is 25.5. The van der Waals surface area contributed by atoms with Crippen LogP contribution >= 0.6 is 0 Å². The van der Waals surface area contributed by atoms with Gasteiger partial charge in [0.15, 0.2) is 0 Å². The molecule has 3 rings (SSSR count). The van der Waals surface area contributed by atoms with E-state index in [0.717, 1.165) is 57.9 Å². The first-order chi connectivity index (χ1) is 10.8. The van der Waals surface area contributed by atoms with Gasteiger partial charge in [-0.2, -0.15) is 0 Å². The highest BCUT2D eigenvalue weighted by Crippen LogP contribution is 2.20. The van der Waals surface area contributed by atoms with Crippen molar-refractivity contribution < 1.29 is 4.79 Å². The Morgan fingerprint density at radius 3 is 2.91 bits per heavy atom. The van der Waals surface area contributed by atoms with Gasteiger partial charge in [-0.15, -0.1) is 0 Å². The summed E-state index contributed by atoms with van der Waals surface area (Å²) < 4.78 is 0. The number of benzene rings is 1. The number of rotatable bonds is 6. The first kappa shape index (κ1) is 15.5. The minimum Gasteiger partial charge on any atom is -0.355 e. The van der Waals surface area contributed by atoms with Gasteiger partial charge in [0.25, 0.3) is 0 Å². The first-order valence-corrected chi connectivity index (χ1v) is 8.59. The molecule has 2 fully saturated rings. The van der Waals surface area contributed by atoms with Crippen molar-refractivity contribution >= 4 is 5.91 Å². The van der Waals surface area contributed by atoms with Crippen molar-refractivity contribution in [3.8, 4) is 0 Å². The molecule has 2 aliphatic heterocycles. The minimum atomic E-state index is 0.0573. The zero-order chi connectivity index (χ0) is 15.2. The lowest BCUT2D eigenvalue weighted by molar-refractivity contribution is -0.125. The third kappa shape index (κ3) is 4.08. The maximum absolute atomic E-state index is 12.5. The molecule has 2 atom stereocenters. The maximum Gasteiger partial charge on any atom is 0.237 e. The van der Waals surface area contributed by atoms with Crippen molar-refractivity contribution in [2.24, 2.45) is 5.92 Å². The van der Waals surface area contributed by atoms with Gasteiger partial charge in [-0.3, -0.25) is 9.69 Å². The summed E-state index contributed by atoms with van der Waals surface area (Å²) in [6.07, 6.45) is 4.46. The molecule has 2 heterocycles. The van der Waals surface area contributed by atoms with Gasteiger partial charge >= 0.3 is 0 Å². The molecule has 2 aliphatic rings. The van der Waals surface area contributed by atoms with Crippen LogP contribution in [-0.4, -0.2) is 43.0 Å². The maximum atomic E-state index is 12.5. The lowest BCUT2D eigenvalue weighted by Crippen LogP contribution is -2.43. The highest BCUT2D eigenvalue weighted by Gasteiger charge is 2.30. The Hall–Kier alpha value is -1.39. The predicted octanol–water partition coefficient (Wildman–Crippen LogP) is 1.77. The molecule has 0 spiro atoms. The van der Waals surface area contributed by atoms with Crippen LogP contribution in [0.2, 0.25) is 0 Å². The second-order valence-electron chi connectivity index (χ2n) is 6.55. The van der Waals surface area contributed by atoms with Gasteiger partial charge < -0.3 is 10.6 Å². The molecule has 0 bridgehead atoms. The number of likely N-dealkylation sites (tertiary alicyclic amines) is 1. The summed E-state index contributed by atoms with van der Waals surface area (Å²) in [5.41, 5.74) is 1.29. The number of nitrogens with one attached hydrogen (secondary N) is 2. The number of amides is 1. The van der Waals surface area contributed by atoms with Crippen LogP contribution in [0.4, 0.5) is 0 Å². The standard InChI is InChI=1S/C18H27N3O/c22-18(20-11-9-15-8-10-19-13-15)17-7-4-12-21(17)14-16-5-2-1-3-6-16/h1-3,5-6,15,17,19H,4,7-14H2,(H,20,22). The van der Waals surface area contributed by atoms with Gasteiger partial charge in [-0.25, -0.2) is 0 Å². The number of hydrogen-bond acceptors (Lipinski definition) is 3. The summed E-state index contributed by atoms with van der Waals surface area (Å²) >= 11 is 0. The first-order valence-electron chi connectivity index (χ1n) is 8.59. The number of carbonyl (C=O) groups is 1. The Labute approximate surface area is 133 Å². The molecule has 4 heteroatoms. The Kier molecular flexibility index (Phi) is 5.46. The van der Waals surface area contributed by atoms with Gasteiger partial charge in [0.2, 0.25) is 5.91 Å². The minimum absolute atomic E-state index is 0.0573. The molecule has 2 N–H and O–H groups in total. The Morgan fingerprint density at radius 1 is 1.27 bits per heavy atom. The molecule has 1 amide bonds. The molecule has 120 valence electrons.